The Morgan fingerprint density at radius 1 is 1.38 bits per heavy atom. The minimum absolute atomic E-state index is 0.0340. The largest absolute Gasteiger partial charge is 0.497 e. The first-order valence-electron chi connectivity index (χ1n) is 7.04. The highest BCUT2D eigenvalue weighted by atomic mass is 19.1. The molecule has 4 nitrogen and oxygen atoms in total. The number of ether oxygens (including phenoxy) is 1. The number of methoxy groups -OCH3 is 1. The average molecular weight is 296 g/mol. The van der Waals surface area contributed by atoms with Crippen molar-refractivity contribution in [1.29, 1.82) is 0 Å². The molecular formula is C16H25FN2O2. The van der Waals surface area contributed by atoms with Gasteiger partial charge >= 0.3 is 0 Å². The summed E-state index contributed by atoms with van der Waals surface area (Å²) >= 11 is 0. The van der Waals surface area contributed by atoms with Gasteiger partial charge in [0, 0.05) is 12.1 Å². The molecule has 0 bridgehead atoms. The number of nitrogens with one attached hydrogen (secondary N) is 2. The zero-order valence-electron chi connectivity index (χ0n) is 13.4. The third-order valence-corrected chi connectivity index (χ3v) is 3.19. The lowest BCUT2D eigenvalue weighted by atomic mass is 9.88. The maximum Gasteiger partial charge on any atom is 0.237 e. The first kappa shape index (κ1) is 17.4. The number of hydrogen-bond acceptors (Lipinski definition) is 3. The van der Waals surface area contributed by atoms with Crippen LogP contribution in [0.15, 0.2) is 18.2 Å². The molecule has 0 radical (unpaired) electrons. The Labute approximate surface area is 126 Å². The molecule has 1 aromatic rings. The third-order valence-electron chi connectivity index (χ3n) is 3.19. The molecule has 0 heterocycles. The van der Waals surface area contributed by atoms with E-state index in [9.17, 15) is 9.18 Å². The summed E-state index contributed by atoms with van der Waals surface area (Å²) in [5.74, 6) is 0.0862. The molecule has 0 saturated carbocycles. The van der Waals surface area contributed by atoms with Crippen molar-refractivity contribution >= 4 is 5.91 Å². The molecule has 1 rings (SSSR count). The SMILES string of the molecule is CNC(CC(C)(C)C)C(=O)NCc1cc(OC)ccc1F. The summed E-state index contributed by atoms with van der Waals surface area (Å²) in [5.41, 5.74) is 0.444. The molecule has 0 aliphatic heterocycles. The normalized spacial score (nSPS) is 12.9. The van der Waals surface area contributed by atoms with E-state index >= 15 is 0 Å². The fourth-order valence-corrected chi connectivity index (χ4v) is 2.06. The standard InChI is InChI=1S/C16H25FN2O2/c1-16(2,3)9-14(18-4)15(20)19-10-11-8-12(21-5)6-7-13(11)17/h6-8,14,18H,9-10H2,1-5H3,(H,19,20). The van der Waals surface area contributed by atoms with Gasteiger partial charge in [-0.1, -0.05) is 20.8 Å². The topological polar surface area (TPSA) is 50.4 Å². The van der Waals surface area contributed by atoms with Gasteiger partial charge in [-0.15, -0.1) is 0 Å². The predicted molar refractivity (Wildman–Crippen MR) is 81.7 cm³/mol. The molecule has 1 aromatic carbocycles. The second-order valence-electron chi connectivity index (χ2n) is 6.28. The van der Waals surface area contributed by atoms with Crippen molar-refractivity contribution in [1.82, 2.24) is 10.6 Å². The molecule has 1 amide bonds. The smallest absolute Gasteiger partial charge is 0.237 e. The fourth-order valence-electron chi connectivity index (χ4n) is 2.06. The van der Waals surface area contributed by atoms with Crippen LogP contribution in [0.1, 0.15) is 32.8 Å². The second kappa shape index (κ2) is 7.41. The van der Waals surface area contributed by atoms with Gasteiger partial charge in [-0.3, -0.25) is 4.79 Å². The quantitative estimate of drug-likeness (QED) is 0.848. The van der Waals surface area contributed by atoms with Gasteiger partial charge in [-0.25, -0.2) is 4.39 Å². The van der Waals surface area contributed by atoms with Crippen molar-refractivity contribution < 1.29 is 13.9 Å². The van der Waals surface area contributed by atoms with Crippen molar-refractivity contribution in [2.75, 3.05) is 14.2 Å². The fraction of sp³-hybridized carbons (Fsp3) is 0.562. The predicted octanol–water partition coefficient (Wildman–Crippen LogP) is 2.47. The molecule has 0 spiro atoms. The van der Waals surface area contributed by atoms with Crippen LogP contribution in [-0.4, -0.2) is 26.1 Å². The molecule has 1 unspecified atom stereocenters. The van der Waals surface area contributed by atoms with E-state index in [1.165, 1.54) is 13.2 Å². The van der Waals surface area contributed by atoms with Crippen molar-refractivity contribution in [3.63, 3.8) is 0 Å². The van der Waals surface area contributed by atoms with Crippen LogP contribution in [0.5, 0.6) is 5.75 Å². The van der Waals surface area contributed by atoms with Crippen molar-refractivity contribution in [2.45, 2.75) is 39.8 Å². The van der Waals surface area contributed by atoms with Crippen LogP contribution < -0.4 is 15.4 Å². The van der Waals surface area contributed by atoms with E-state index < -0.39 is 0 Å². The Bertz CT molecular complexity index is 484. The third kappa shape index (κ3) is 5.71. The summed E-state index contributed by atoms with van der Waals surface area (Å²) in [6.45, 7) is 6.37. The number of benzene rings is 1. The highest BCUT2D eigenvalue weighted by Gasteiger charge is 2.23. The van der Waals surface area contributed by atoms with E-state index in [1.807, 2.05) is 0 Å². The number of carbonyl (C=O) groups is 1. The minimum Gasteiger partial charge on any atom is -0.497 e. The summed E-state index contributed by atoms with van der Waals surface area (Å²) in [7, 11) is 3.28. The van der Waals surface area contributed by atoms with Crippen LogP contribution in [0.2, 0.25) is 0 Å². The number of halogens is 1. The van der Waals surface area contributed by atoms with Crippen LogP contribution in [0.25, 0.3) is 0 Å². The Morgan fingerprint density at radius 2 is 2.05 bits per heavy atom. The van der Waals surface area contributed by atoms with E-state index in [0.29, 0.717) is 17.7 Å². The van der Waals surface area contributed by atoms with Crippen LogP contribution in [0, 0.1) is 11.2 Å². The summed E-state index contributed by atoms with van der Waals surface area (Å²) in [6.07, 6.45) is 0.704. The highest BCUT2D eigenvalue weighted by molar-refractivity contribution is 5.81. The lowest BCUT2D eigenvalue weighted by Gasteiger charge is -2.25. The summed E-state index contributed by atoms with van der Waals surface area (Å²) < 4.78 is 18.7. The summed E-state index contributed by atoms with van der Waals surface area (Å²) in [6, 6.07) is 4.19. The van der Waals surface area contributed by atoms with E-state index in [2.05, 4.69) is 31.4 Å². The van der Waals surface area contributed by atoms with E-state index in [1.54, 1.807) is 19.2 Å². The first-order valence-corrected chi connectivity index (χ1v) is 7.04. The lowest BCUT2D eigenvalue weighted by Crippen LogP contribution is -2.44. The lowest BCUT2D eigenvalue weighted by molar-refractivity contribution is -0.123. The molecule has 21 heavy (non-hydrogen) atoms. The Morgan fingerprint density at radius 3 is 2.57 bits per heavy atom. The van der Waals surface area contributed by atoms with E-state index in [-0.39, 0.29) is 29.7 Å². The van der Waals surface area contributed by atoms with Gasteiger partial charge in [-0.2, -0.15) is 0 Å². The number of rotatable bonds is 6. The van der Waals surface area contributed by atoms with Gasteiger partial charge in [0.2, 0.25) is 5.91 Å². The Kier molecular flexibility index (Phi) is 6.15. The van der Waals surface area contributed by atoms with Crippen LogP contribution >= 0.6 is 0 Å². The van der Waals surface area contributed by atoms with Crippen LogP contribution in [0.4, 0.5) is 4.39 Å². The Hall–Kier alpha value is -1.62. The number of hydrogen-bond donors (Lipinski definition) is 2. The van der Waals surface area contributed by atoms with E-state index in [0.717, 1.165) is 0 Å². The van der Waals surface area contributed by atoms with Gasteiger partial charge in [0.25, 0.3) is 0 Å². The molecule has 0 saturated heterocycles. The van der Waals surface area contributed by atoms with Gasteiger partial charge in [0.15, 0.2) is 0 Å². The zero-order chi connectivity index (χ0) is 16.0. The number of likely N-dealkylation sites (N-methyl/N-ethyl adjacent to an activating group) is 1. The van der Waals surface area contributed by atoms with Gasteiger partial charge in [0.05, 0.1) is 13.2 Å². The Balaban J connectivity index is 2.67. The molecule has 2 N–H and O–H groups in total. The van der Waals surface area contributed by atoms with Gasteiger partial charge in [-0.05, 0) is 37.1 Å². The zero-order valence-corrected chi connectivity index (χ0v) is 13.4. The molecule has 1 atom stereocenters. The van der Waals surface area contributed by atoms with Crippen molar-refractivity contribution in [2.24, 2.45) is 5.41 Å². The highest BCUT2D eigenvalue weighted by Crippen LogP contribution is 2.21. The van der Waals surface area contributed by atoms with E-state index in [4.69, 9.17) is 4.74 Å². The maximum atomic E-state index is 13.7. The average Bonchev–Trinajstić information content (AvgIpc) is 2.42. The van der Waals surface area contributed by atoms with Gasteiger partial charge in [0.1, 0.15) is 11.6 Å². The molecule has 0 aliphatic carbocycles. The first-order chi connectivity index (χ1) is 9.76. The summed E-state index contributed by atoms with van der Waals surface area (Å²) in [4.78, 5) is 12.2. The monoisotopic (exact) mass is 296 g/mol. The van der Waals surface area contributed by atoms with Crippen molar-refractivity contribution in [3.8, 4) is 5.75 Å². The molecule has 0 aromatic heterocycles. The molecular weight excluding hydrogens is 271 g/mol. The number of carbonyl (C=O) groups excluding carboxylic acids is 1. The maximum absolute atomic E-state index is 13.7. The molecule has 0 aliphatic rings. The second-order valence-corrected chi connectivity index (χ2v) is 6.28. The van der Waals surface area contributed by atoms with Crippen LogP contribution in [-0.2, 0) is 11.3 Å². The minimum atomic E-state index is -0.354. The molecule has 5 heteroatoms. The molecule has 118 valence electrons. The molecule has 0 fully saturated rings. The van der Waals surface area contributed by atoms with Crippen LogP contribution in [0.3, 0.4) is 0 Å². The van der Waals surface area contributed by atoms with Crippen molar-refractivity contribution in [3.05, 3.63) is 29.6 Å². The summed E-state index contributed by atoms with van der Waals surface area (Å²) in [5, 5.41) is 5.77. The van der Waals surface area contributed by atoms with Gasteiger partial charge < -0.3 is 15.4 Å². The number of amides is 1.